The van der Waals surface area contributed by atoms with Crippen molar-refractivity contribution in [3.05, 3.63) is 101 Å². The summed E-state index contributed by atoms with van der Waals surface area (Å²) in [5.41, 5.74) is 3.49. The number of fused-ring (bicyclic) bond motifs is 2. The van der Waals surface area contributed by atoms with Crippen molar-refractivity contribution in [2.45, 2.75) is 19.9 Å². The molecule has 8 heteroatoms. The first-order valence-corrected chi connectivity index (χ1v) is 12.1. The van der Waals surface area contributed by atoms with Crippen LogP contribution in [0.2, 0.25) is 0 Å². The van der Waals surface area contributed by atoms with Crippen LogP contribution in [0.25, 0.3) is 17.0 Å². The summed E-state index contributed by atoms with van der Waals surface area (Å²) in [6.45, 7) is 3.80. The Kier molecular flexibility index (Phi) is 5.64. The Labute approximate surface area is 201 Å². The van der Waals surface area contributed by atoms with Gasteiger partial charge in [-0.1, -0.05) is 57.6 Å². The number of hydrogen-bond acceptors (Lipinski definition) is 5. The van der Waals surface area contributed by atoms with Crippen LogP contribution in [-0.2, 0) is 9.53 Å². The van der Waals surface area contributed by atoms with Gasteiger partial charge in [0.05, 0.1) is 28.5 Å². The standard InChI is InChI=1S/C25H20BrN3O3S/c1-3-32-24(31)21-14(2)28-25-29(22(21)15-7-5-4-6-8-15)23(30)20(33-25)11-16-13-27-19-10-9-17(26)12-18(16)19/h4-13,22,27H,3H2,1-2H3/b20-11-. The predicted octanol–water partition coefficient (Wildman–Crippen LogP) is 4.04. The smallest absolute Gasteiger partial charge is 0.338 e. The SMILES string of the molecule is CCOC(=O)C1=C(C)N=c2s/c(=C\c3c[nH]c4ccc(Br)cc34)c(=O)n2C1c1ccccc1. The molecule has 3 heterocycles. The molecule has 0 saturated carbocycles. The molecule has 0 spiro atoms. The molecule has 5 rings (SSSR count). The van der Waals surface area contributed by atoms with E-state index in [1.54, 1.807) is 18.4 Å². The number of nitrogens with zero attached hydrogens (tertiary/aromatic N) is 2. The lowest BCUT2D eigenvalue weighted by molar-refractivity contribution is -0.139. The first-order valence-electron chi connectivity index (χ1n) is 10.5. The highest BCUT2D eigenvalue weighted by molar-refractivity contribution is 9.10. The topological polar surface area (TPSA) is 76.4 Å². The predicted molar refractivity (Wildman–Crippen MR) is 133 cm³/mol. The summed E-state index contributed by atoms with van der Waals surface area (Å²) in [7, 11) is 0. The van der Waals surface area contributed by atoms with Crippen molar-refractivity contribution in [3.8, 4) is 0 Å². The van der Waals surface area contributed by atoms with Crippen molar-refractivity contribution in [2.24, 2.45) is 4.99 Å². The minimum atomic E-state index is -0.597. The number of benzene rings is 2. The maximum atomic E-state index is 13.6. The Morgan fingerprint density at radius 2 is 2.06 bits per heavy atom. The molecule has 6 nitrogen and oxygen atoms in total. The van der Waals surface area contributed by atoms with Crippen molar-refractivity contribution < 1.29 is 9.53 Å². The number of esters is 1. The summed E-state index contributed by atoms with van der Waals surface area (Å²) < 4.78 is 8.44. The third-order valence-electron chi connectivity index (χ3n) is 5.59. The highest BCUT2D eigenvalue weighted by Gasteiger charge is 2.33. The van der Waals surface area contributed by atoms with Gasteiger partial charge in [0.1, 0.15) is 0 Å². The number of ether oxygens (including phenoxy) is 1. The molecule has 166 valence electrons. The van der Waals surface area contributed by atoms with Crippen LogP contribution in [-0.4, -0.2) is 22.1 Å². The third-order valence-corrected chi connectivity index (χ3v) is 7.07. The molecule has 0 saturated heterocycles. The van der Waals surface area contributed by atoms with Crippen molar-refractivity contribution in [3.63, 3.8) is 0 Å². The number of aromatic nitrogens is 2. The molecule has 0 amide bonds. The van der Waals surface area contributed by atoms with E-state index in [2.05, 4.69) is 25.9 Å². The highest BCUT2D eigenvalue weighted by atomic mass is 79.9. The highest BCUT2D eigenvalue weighted by Crippen LogP contribution is 2.30. The van der Waals surface area contributed by atoms with Gasteiger partial charge in [-0.2, -0.15) is 0 Å². The van der Waals surface area contributed by atoms with Crippen molar-refractivity contribution >= 4 is 50.2 Å². The van der Waals surface area contributed by atoms with Gasteiger partial charge in [0.2, 0.25) is 0 Å². The van der Waals surface area contributed by atoms with Crippen LogP contribution in [0.1, 0.15) is 31.0 Å². The van der Waals surface area contributed by atoms with Gasteiger partial charge in [0.15, 0.2) is 4.80 Å². The van der Waals surface area contributed by atoms with Gasteiger partial charge in [-0.05, 0) is 43.7 Å². The lowest BCUT2D eigenvalue weighted by Gasteiger charge is -2.24. The van der Waals surface area contributed by atoms with Gasteiger partial charge in [-0.3, -0.25) is 9.36 Å². The number of H-pyrrole nitrogens is 1. The molecule has 1 aliphatic rings. The van der Waals surface area contributed by atoms with Crippen LogP contribution >= 0.6 is 27.3 Å². The maximum absolute atomic E-state index is 13.6. The van der Waals surface area contributed by atoms with E-state index in [4.69, 9.17) is 4.74 Å². The molecule has 2 aromatic carbocycles. The minimum absolute atomic E-state index is 0.189. The fourth-order valence-electron chi connectivity index (χ4n) is 4.12. The van der Waals surface area contributed by atoms with Crippen molar-refractivity contribution in [1.29, 1.82) is 0 Å². The van der Waals surface area contributed by atoms with E-state index >= 15 is 0 Å². The van der Waals surface area contributed by atoms with Gasteiger partial charge in [0.25, 0.3) is 5.56 Å². The molecular formula is C25H20BrN3O3S. The molecular weight excluding hydrogens is 502 g/mol. The lowest BCUT2D eigenvalue weighted by atomic mass is 9.96. The van der Waals surface area contributed by atoms with E-state index in [9.17, 15) is 9.59 Å². The molecule has 0 aliphatic carbocycles. The number of hydrogen-bond donors (Lipinski definition) is 1. The molecule has 2 aromatic heterocycles. The minimum Gasteiger partial charge on any atom is -0.463 e. The average molecular weight is 522 g/mol. The first-order chi connectivity index (χ1) is 16.0. The van der Waals surface area contributed by atoms with E-state index in [1.165, 1.54) is 11.3 Å². The molecule has 1 atom stereocenters. The number of thiazole rings is 1. The molecule has 1 N–H and O–H groups in total. The quantitative estimate of drug-likeness (QED) is 0.411. The number of aromatic amines is 1. The number of carbonyl (C=O) groups excluding carboxylic acids is 1. The molecule has 0 fully saturated rings. The Morgan fingerprint density at radius 1 is 1.27 bits per heavy atom. The number of halogens is 1. The Hall–Kier alpha value is -3.23. The van der Waals surface area contributed by atoms with E-state index < -0.39 is 12.0 Å². The Bertz CT molecular complexity index is 1600. The summed E-state index contributed by atoms with van der Waals surface area (Å²) in [5.74, 6) is -0.455. The summed E-state index contributed by atoms with van der Waals surface area (Å²) >= 11 is 4.83. The van der Waals surface area contributed by atoms with Crippen LogP contribution in [0.5, 0.6) is 0 Å². The fraction of sp³-hybridized carbons (Fsp3) is 0.160. The largest absolute Gasteiger partial charge is 0.463 e. The van der Waals surface area contributed by atoms with Crippen LogP contribution in [0.4, 0.5) is 0 Å². The second-order valence-electron chi connectivity index (χ2n) is 7.65. The summed E-state index contributed by atoms with van der Waals surface area (Å²) in [6.07, 6.45) is 3.76. The number of carbonyl (C=O) groups is 1. The molecule has 4 aromatic rings. The van der Waals surface area contributed by atoms with Crippen molar-refractivity contribution in [2.75, 3.05) is 6.61 Å². The zero-order chi connectivity index (χ0) is 23.1. The third kappa shape index (κ3) is 3.79. The number of rotatable bonds is 4. The molecule has 1 unspecified atom stereocenters. The van der Waals surface area contributed by atoms with E-state index in [0.717, 1.165) is 26.5 Å². The van der Waals surface area contributed by atoms with Gasteiger partial charge in [-0.15, -0.1) is 0 Å². The van der Waals surface area contributed by atoms with E-state index in [0.29, 0.717) is 20.6 Å². The maximum Gasteiger partial charge on any atom is 0.338 e. The van der Waals surface area contributed by atoms with Gasteiger partial charge < -0.3 is 9.72 Å². The van der Waals surface area contributed by atoms with Gasteiger partial charge in [-0.25, -0.2) is 9.79 Å². The zero-order valence-electron chi connectivity index (χ0n) is 18.0. The normalized spacial score (nSPS) is 16.1. The molecule has 33 heavy (non-hydrogen) atoms. The summed E-state index contributed by atoms with van der Waals surface area (Å²) in [6, 6.07) is 14.9. The van der Waals surface area contributed by atoms with Crippen LogP contribution in [0.15, 0.2) is 80.3 Å². The van der Waals surface area contributed by atoms with Gasteiger partial charge >= 0.3 is 5.97 Å². The Morgan fingerprint density at radius 3 is 2.82 bits per heavy atom. The molecule has 0 bridgehead atoms. The van der Waals surface area contributed by atoms with Crippen LogP contribution in [0.3, 0.4) is 0 Å². The second-order valence-corrected chi connectivity index (χ2v) is 9.57. The van der Waals surface area contributed by atoms with E-state index in [-0.39, 0.29) is 12.2 Å². The molecule has 1 aliphatic heterocycles. The van der Waals surface area contributed by atoms with Crippen LogP contribution < -0.4 is 14.9 Å². The summed E-state index contributed by atoms with van der Waals surface area (Å²) in [5, 5.41) is 1.01. The average Bonchev–Trinajstić information content (AvgIpc) is 3.34. The fourth-order valence-corrected chi connectivity index (χ4v) is 5.52. The van der Waals surface area contributed by atoms with Crippen LogP contribution in [0, 0.1) is 0 Å². The Balaban J connectivity index is 1.74. The van der Waals surface area contributed by atoms with Crippen molar-refractivity contribution in [1.82, 2.24) is 9.55 Å². The number of allylic oxidation sites excluding steroid dienone is 1. The first kappa shape index (κ1) is 21.6. The molecule has 0 radical (unpaired) electrons. The lowest BCUT2D eigenvalue weighted by Crippen LogP contribution is -2.39. The monoisotopic (exact) mass is 521 g/mol. The second kappa shape index (κ2) is 8.61. The summed E-state index contributed by atoms with van der Waals surface area (Å²) in [4.78, 5) is 35.0. The van der Waals surface area contributed by atoms with E-state index in [1.807, 2.05) is 60.8 Å². The number of nitrogens with one attached hydrogen (secondary N) is 1. The zero-order valence-corrected chi connectivity index (χ0v) is 20.4. The van der Waals surface area contributed by atoms with Gasteiger partial charge in [0, 0.05) is 27.1 Å².